The van der Waals surface area contributed by atoms with Gasteiger partial charge in [-0.1, -0.05) is 12.1 Å². The number of piperidine rings is 1. The number of hydrogen-bond donors (Lipinski definition) is 1. The lowest BCUT2D eigenvalue weighted by Gasteiger charge is -2.35. The molecule has 1 aromatic heterocycles. The fourth-order valence-corrected chi connectivity index (χ4v) is 7.11. The fraction of sp³-hybridized carbons (Fsp3) is 0.567. The highest BCUT2D eigenvalue weighted by molar-refractivity contribution is 7.10. The number of nitrogens with zero attached hydrogens (tertiary/aromatic N) is 3. The minimum Gasteiger partial charge on any atom is -0.444 e. The predicted molar refractivity (Wildman–Crippen MR) is 148 cm³/mol. The summed E-state index contributed by atoms with van der Waals surface area (Å²) in [5, 5.41) is 14.6. The van der Waals surface area contributed by atoms with Gasteiger partial charge in [-0.2, -0.15) is 5.26 Å². The van der Waals surface area contributed by atoms with Crippen LogP contribution in [0.5, 0.6) is 0 Å². The number of halogens is 1. The first kappa shape index (κ1) is 27.6. The second-order valence-electron chi connectivity index (χ2n) is 12.0. The number of nitriles is 1. The summed E-state index contributed by atoms with van der Waals surface area (Å²) in [4.78, 5) is 31.5. The van der Waals surface area contributed by atoms with Crippen LogP contribution < -0.4 is 5.32 Å². The summed E-state index contributed by atoms with van der Waals surface area (Å²) < 4.78 is 20.7. The maximum absolute atomic E-state index is 15.2. The van der Waals surface area contributed by atoms with Gasteiger partial charge < -0.3 is 10.1 Å². The first-order valence-corrected chi connectivity index (χ1v) is 14.8. The Morgan fingerprint density at radius 1 is 1.21 bits per heavy atom. The lowest BCUT2D eigenvalue weighted by Crippen LogP contribution is -2.55. The standard InChI is InChI=1S/C30H37FN4O3S/c1-30(2,3)38-29(37)35-24-9-8-21(13-24)27(35)28(36)33-23(16-32)12-20-7-6-19(15-26(20)31)22-14-25(39-18-22)17-34-10-4-5-11-34/h6-7,14-15,18,21,23-24,27H,4-5,8-13,17H2,1-3H3,(H,33,36)/t21-,23-,24+,27-/m0/s1. The quantitative estimate of drug-likeness (QED) is 0.491. The second-order valence-corrected chi connectivity index (χ2v) is 13.0. The molecule has 2 bridgehead atoms. The Morgan fingerprint density at radius 2 is 1.97 bits per heavy atom. The monoisotopic (exact) mass is 552 g/mol. The van der Waals surface area contributed by atoms with Crippen LogP contribution in [0.15, 0.2) is 29.6 Å². The van der Waals surface area contributed by atoms with Crippen molar-refractivity contribution in [3.8, 4) is 17.2 Å². The Balaban J connectivity index is 1.23. The molecule has 2 amide bonds. The molecule has 2 aliphatic heterocycles. The number of carbonyl (C=O) groups excluding carboxylic acids is 2. The van der Waals surface area contributed by atoms with Crippen LogP contribution in [0, 0.1) is 23.1 Å². The molecule has 1 saturated carbocycles. The third-order valence-electron chi connectivity index (χ3n) is 7.97. The molecule has 3 aliphatic rings. The van der Waals surface area contributed by atoms with Gasteiger partial charge in [0.1, 0.15) is 23.5 Å². The first-order valence-electron chi connectivity index (χ1n) is 13.9. The van der Waals surface area contributed by atoms with Crippen LogP contribution in [0.2, 0.25) is 0 Å². The van der Waals surface area contributed by atoms with Crippen molar-refractivity contribution in [2.24, 2.45) is 5.92 Å². The molecule has 1 N–H and O–H groups in total. The van der Waals surface area contributed by atoms with Crippen LogP contribution in [-0.2, 0) is 22.5 Å². The van der Waals surface area contributed by atoms with Crippen LogP contribution in [0.1, 0.15) is 63.3 Å². The molecule has 7 nitrogen and oxygen atoms in total. The summed E-state index contributed by atoms with van der Waals surface area (Å²) in [6.07, 6.45) is 4.51. The van der Waals surface area contributed by atoms with Crippen molar-refractivity contribution in [2.45, 2.75) is 89.6 Å². The molecule has 0 unspecified atom stereocenters. The average Bonchev–Trinajstić information content (AvgIpc) is 3.68. The summed E-state index contributed by atoms with van der Waals surface area (Å²) >= 11 is 1.69. The number of fused-ring (bicyclic) bond motifs is 2. The van der Waals surface area contributed by atoms with Gasteiger partial charge in [-0.25, -0.2) is 9.18 Å². The fourth-order valence-electron chi connectivity index (χ4n) is 6.18. The van der Waals surface area contributed by atoms with Gasteiger partial charge >= 0.3 is 6.09 Å². The highest BCUT2D eigenvalue weighted by Gasteiger charge is 2.52. The summed E-state index contributed by atoms with van der Waals surface area (Å²) in [6.45, 7) is 8.59. The number of carbonyl (C=O) groups is 2. The molecule has 0 radical (unpaired) electrons. The Hall–Kier alpha value is -2.96. The smallest absolute Gasteiger partial charge is 0.411 e. The van der Waals surface area contributed by atoms with Gasteiger partial charge in [0.25, 0.3) is 0 Å². The lowest BCUT2D eigenvalue weighted by atomic mass is 9.97. The number of nitrogens with one attached hydrogen (secondary N) is 1. The number of hydrogen-bond acceptors (Lipinski definition) is 6. The summed E-state index contributed by atoms with van der Waals surface area (Å²) in [6, 6.07) is 7.70. The molecule has 9 heteroatoms. The molecule has 39 heavy (non-hydrogen) atoms. The van der Waals surface area contributed by atoms with E-state index in [1.807, 2.05) is 6.07 Å². The molecule has 3 heterocycles. The number of benzene rings is 1. The van der Waals surface area contributed by atoms with Crippen molar-refractivity contribution in [2.75, 3.05) is 13.1 Å². The molecule has 208 valence electrons. The van der Waals surface area contributed by atoms with Crippen molar-refractivity contribution in [3.63, 3.8) is 0 Å². The highest BCUT2D eigenvalue weighted by atomic mass is 32.1. The lowest BCUT2D eigenvalue weighted by molar-refractivity contribution is -0.128. The van der Waals surface area contributed by atoms with E-state index in [1.165, 1.54) is 23.8 Å². The van der Waals surface area contributed by atoms with Crippen LogP contribution >= 0.6 is 11.3 Å². The Bertz CT molecular complexity index is 1260. The molecule has 5 rings (SSSR count). The van der Waals surface area contributed by atoms with Crippen LogP contribution in [0.25, 0.3) is 11.1 Å². The highest BCUT2D eigenvalue weighted by Crippen LogP contribution is 2.43. The maximum atomic E-state index is 15.2. The van der Waals surface area contributed by atoms with Gasteiger partial charge in [-0.05, 0) is 106 Å². The number of rotatable bonds is 7. The van der Waals surface area contributed by atoms with Crippen molar-refractivity contribution in [1.82, 2.24) is 15.1 Å². The third-order valence-corrected chi connectivity index (χ3v) is 8.89. The Morgan fingerprint density at radius 3 is 2.67 bits per heavy atom. The largest absolute Gasteiger partial charge is 0.444 e. The number of ether oxygens (including phenoxy) is 1. The second kappa shape index (κ2) is 11.3. The summed E-state index contributed by atoms with van der Waals surface area (Å²) in [5.41, 5.74) is 1.49. The van der Waals surface area contributed by atoms with E-state index in [0.717, 1.165) is 50.0 Å². The minimum atomic E-state index is -0.911. The van der Waals surface area contributed by atoms with Gasteiger partial charge in [0, 0.05) is 23.9 Å². The summed E-state index contributed by atoms with van der Waals surface area (Å²) in [5.74, 6) is -0.733. The zero-order valence-corrected chi connectivity index (χ0v) is 23.7. The number of likely N-dealkylation sites (tertiary alicyclic amines) is 2. The molecular weight excluding hydrogens is 515 g/mol. The average molecular weight is 553 g/mol. The van der Waals surface area contributed by atoms with Gasteiger partial charge in [0.05, 0.1) is 6.07 Å². The first-order chi connectivity index (χ1) is 18.6. The molecule has 1 aromatic carbocycles. The SMILES string of the molecule is CC(C)(C)OC(=O)N1[C@@H]2CC[C@@H](C2)[C@H]1C(=O)N[C@H](C#N)Cc1ccc(-c2csc(CN3CCCC3)c2)cc1F. The van der Waals surface area contributed by atoms with E-state index in [2.05, 4.69) is 27.7 Å². The Kier molecular flexibility index (Phi) is 7.97. The van der Waals surface area contributed by atoms with E-state index in [4.69, 9.17) is 4.74 Å². The molecule has 2 aromatic rings. The molecule has 0 spiro atoms. The molecule has 2 saturated heterocycles. The minimum absolute atomic E-state index is 0.0286. The maximum Gasteiger partial charge on any atom is 0.411 e. The van der Waals surface area contributed by atoms with E-state index < -0.39 is 29.6 Å². The number of thiophene rings is 1. The van der Waals surface area contributed by atoms with E-state index in [9.17, 15) is 14.9 Å². The van der Waals surface area contributed by atoms with Crippen LogP contribution in [0.4, 0.5) is 9.18 Å². The van der Waals surface area contributed by atoms with Gasteiger partial charge in [-0.3, -0.25) is 14.6 Å². The van der Waals surface area contributed by atoms with Crippen molar-refractivity contribution in [3.05, 3.63) is 45.9 Å². The molecule has 3 fully saturated rings. The molecule has 1 aliphatic carbocycles. The van der Waals surface area contributed by atoms with Crippen LogP contribution in [0.3, 0.4) is 0 Å². The Labute approximate surface area is 233 Å². The van der Waals surface area contributed by atoms with E-state index in [-0.39, 0.29) is 24.3 Å². The van der Waals surface area contributed by atoms with Crippen LogP contribution in [-0.4, -0.2) is 58.6 Å². The normalized spacial score (nSPS) is 23.6. The third kappa shape index (κ3) is 6.28. The van der Waals surface area contributed by atoms with Crippen molar-refractivity contribution < 1.29 is 18.7 Å². The van der Waals surface area contributed by atoms with Gasteiger partial charge in [0.2, 0.25) is 5.91 Å². The van der Waals surface area contributed by atoms with E-state index in [1.54, 1.807) is 43.1 Å². The summed E-state index contributed by atoms with van der Waals surface area (Å²) in [7, 11) is 0. The zero-order valence-electron chi connectivity index (χ0n) is 22.9. The van der Waals surface area contributed by atoms with Gasteiger partial charge in [-0.15, -0.1) is 11.3 Å². The van der Waals surface area contributed by atoms with Gasteiger partial charge in [0.15, 0.2) is 0 Å². The van der Waals surface area contributed by atoms with Crippen molar-refractivity contribution >= 4 is 23.3 Å². The van der Waals surface area contributed by atoms with Crippen molar-refractivity contribution in [1.29, 1.82) is 5.26 Å². The predicted octanol–water partition coefficient (Wildman–Crippen LogP) is 5.49. The van der Waals surface area contributed by atoms with E-state index in [0.29, 0.717) is 5.56 Å². The molecule has 4 atom stereocenters. The zero-order chi connectivity index (χ0) is 27.7. The topological polar surface area (TPSA) is 85.7 Å². The van der Waals surface area contributed by atoms with E-state index >= 15 is 4.39 Å². The number of amides is 2. The molecular formula is C30H37FN4O3S.